The number of nitrogens with zero attached hydrogens (tertiary/aromatic N) is 1. The van der Waals surface area contributed by atoms with E-state index in [0.717, 1.165) is 43.4 Å². The average Bonchev–Trinajstić information content (AvgIpc) is 2.84. The Kier molecular flexibility index (Phi) is 5.31. The molecule has 1 heterocycles. The van der Waals surface area contributed by atoms with Gasteiger partial charge >= 0.3 is 6.03 Å². The number of anilines is 1. The zero-order chi connectivity index (χ0) is 17.8. The minimum Gasteiger partial charge on any atom is -0.317 e. The molecule has 0 aliphatic carbocycles. The van der Waals surface area contributed by atoms with Crippen molar-refractivity contribution in [2.75, 3.05) is 11.9 Å². The van der Waals surface area contributed by atoms with Gasteiger partial charge in [0.25, 0.3) is 0 Å². The maximum atomic E-state index is 13.8. The minimum atomic E-state index is -0.768. The summed E-state index contributed by atoms with van der Waals surface area (Å²) in [6.45, 7) is 2.64. The second-order valence-electron chi connectivity index (χ2n) is 6.52. The molecule has 0 unspecified atom stereocenters. The molecule has 2 aromatic carbocycles. The topological polar surface area (TPSA) is 32.3 Å². The number of carbonyl (C=O) groups is 1. The van der Waals surface area contributed by atoms with Crippen LogP contribution in [0.3, 0.4) is 0 Å². The maximum Gasteiger partial charge on any atom is 0.322 e. The molecule has 3 rings (SSSR count). The molecule has 132 valence electrons. The second-order valence-corrected chi connectivity index (χ2v) is 6.52. The summed E-state index contributed by atoms with van der Waals surface area (Å²) in [4.78, 5) is 14.5. The van der Waals surface area contributed by atoms with Gasteiger partial charge in [0.05, 0.1) is 11.7 Å². The average molecular weight is 344 g/mol. The number of amides is 2. The molecule has 1 aliphatic heterocycles. The third-order valence-electron chi connectivity index (χ3n) is 4.65. The van der Waals surface area contributed by atoms with E-state index < -0.39 is 11.6 Å². The van der Waals surface area contributed by atoms with Crippen molar-refractivity contribution < 1.29 is 13.6 Å². The van der Waals surface area contributed by atoms with Crippen molar-refractivity contribution >= 4 is 11.7 Å². The fraction of sp³-hybridized carbons (Fsp3) is 0.350. The number of nitrogens with one attached hydrogen (secondary N) is 1. The van der Waals surface area contributed by atoms with E-state index in [0.29, 0.717) is 6.54 Å². The summed E-state index contributed by atoms with van der Waals surface area (Å²) < 4.78 is 26.9. The summed E-state index contributed by atoms with van der Waals surface area (Å²) in [7, 11) is 0. The highest BCUT2D eigenvalue weighted by atomic mass is 19.1. The fourth-order valence-corrected chi connectivity index (χ4v) is 3.26. The molecule has 0 saturated carbocycles. The Labute approximate surface area is 146 Å². The summed E-state index contributed by atoms with van der Waals surface area (Å²) in [5.74, 6) is -1.43. The molecule has 2 amide bonds. The lowest BCUT2D eigenvalue weighted by Gasteiger charge is -2.30. The summed E-state index contributed by atoms with van der Waals surface area (Å²) in [5.41, 5.74) is 2.25. The molecule has 25 heavy (non-hydrogen) atoms. The smallest absolute Gasteiger partial charge is 0.317 e. The molecule has 1 fully saturated rings. The number of carbonyl (C=O) groups excluding carboxylic acids is 1. The third-order valence-corrected chi connectivity index (χ3v) is 4.65. The highest BCUT2D eigenvalue weighted by Crippen LogP contribution is 2.31. The first-order valence-corrected chi connectivity index (χ1v) is 8.64. The van der Waals surface area contributed by atoms with Crippen LogP contribution in [0.15, 0.2) is 42.5 Å². The molecule has 3 nitrogen and oxygen atoms in total. The van der Waals surface area contributed by atoms with Crippen molar-refractivity contribution in [3.63, 3.8) is 0 Å². The van der Waals surface area contributed by atoms with E-state index in [1.54, 1.807) is 4.90 Å². The van der Waals surface area contributed by atoms with Crippen LogP contribution in [0.5, 0.6) is 0 Å². The lowest BCUT2D eigenvalue weighted by Crippen LogP contribution is -2.38. The van der Waals surface area contributed by atoms with Gasteiger partial charge in [-0.25, -0.2) is 13.6 Å². The number of urea groups is 1. The predicted octanol–water partition coefficient (Wildman–Crippen LogP) is 5.42. The fourth-order valence-electron chi connectivity index (χ4n) is 3.26. The van der Waals surface area contributed by atoms with Gasteiger partial charge < -0.3 is 10.2 Å². The molecule has 0 spiro atoms. The van der Waals surface area contributed by atoms with Crippen LogP contribution in [-0.4, -0.2) is 17.5 Å². The Morgan fingerprint density at radius 1 is 1.08 bits per heavy atom. The van der Waals surface area contributed by atoms with Crippen LogP contribution in [0.4, 0.5) is 19.3 Å². The standard InChI is InChI=1S/C20H22F2N2O/c1-14-6-8-15(9-7-14)19-5-3-2-4-12-24(19)20(25)23-18-11-10-16(21)13-17(18)22/h6-11,13,19H,2-5,12H2,1H3,(H,23,25)/t19-/m1/s1. The molecular formula is C20H22F2N2O. The number of hydrogen-bond donors (Lipinski definition) is 1. The molecule has 1 aliphatic rings. The highest BCUT2D eigenvalue weighted by Gasteiger charge is 2.27. The van der Waals surface area contributed by atoms with Gasteiger partial charge in [-0.1, -0.05) is 42.7 Å². The summed E-state index contributed by atoms with van der Waals surface area (Å²) in [6.07, 6.45) is 3.91. The number of likely N-dealkylation sites (tertiary alicyclic amines) is 1. The van der Waals surface area contributed by atoms with E-state index in [4.69, 9.17) is 0 Å². The molecule has 0 bridgehead atoms. The number of hydrogen-bond acceptors (Lipinski definition) is 1. The van der Waals surface area contributed by atoms with Gasteiger partial charge in [0.2, 0.25) is 0 Å². The highest BCUT2D eigenvalue weighted by molar-refractivity contribution is 5.89. The van der Waals surface area contributed by atoms with Crippen LogP contribution in [0, 0.1) is 18.6 Å². The molecule has 1 saturated heterocycles. The van der Waals surface area contributed by atoms with Crippen LogP contribution in [0.1, 0.15) is 42.9 Å². The summed E-state index contributed by atoms with van der Waals surface area (Å²) in [5, 5.41) is 2.59. The Hall–Kier alpha value is -2.43. The number of rotatable bonds is 2. The third kappa shape index (κ3) is 4.16. The molecule has 0 radical (unpaired) electrons. The lowest BCUT2D eigenvalue weighted by molar-refractivity contribution is 0.189. The molecule has 1 N–H and O–H groups in total. The number of aryl methyl sites for hydroxylation is 1. The van der Waals surface area contributed by atoms with Gasteiger partial charge in [0.1, 0.15) is 11.6 Å². The van der Waals surface area contributed by atoms with E-state index in [2.05, 4.69) is 5.32 Å². The van der Waals surface area contributed by atoms with E-state index in [-0.39, 0.29) is 17.8 Å². The normalized spacial score (nSPS) is 17.9. The van der Waals surface area contributed by atoms with Crippen LogP contribution in [-0.2, 0) is 0 Å². The van der Waals surface area contributed by atoms with Gasteiger partial charge in [0.15, 0.2) is 0 Å². The van der Waals surface area contributed by atoms with Crippen molar-refractivity contribution in [1.82, 2.24) is 4.90 Å². The van der Waals surface area contributed by atoms with Crippen molar-refractivity contribution in [3.8, 4) is 0 Å². The SMILES string of the molecule is Cc1ccc([C@H]2CCCCCN2C(=O)Nc2ccc(F)cc2F)cc1. The van der Waals surface area contributed by atoms with Gasteiger partial charge in [-0.3, -0.25) is 0 Å². The van der Waals surface area contributed by atoms with Crippen LogP contribution >= 0.6 is 0 Å². The van der Waals surface area contributed by atoms with Crippen LogP contribution in [0.2, 0.25) is 0 Å². The van der Waals surface area contributed by atoms with Gasteiger partial charge in [-0.05, 0) is 37.5 Å². The zero-order valence-electron chi connectivity index (χ0n) is 14.3. The van der Waals surface area contributed by atoms with Crippen molar-refractivity contribution in [2.24, 2.45) is 0 Å². The Morgan fingerprint density at radius 3 is 2.56 bits per heavy atom. The first-order valence-electron chi connectivity index (χ1n) is 8.64. The molecule has 2 aromatic rings. The summed E-state index contributed by atoms with van der Waals surface area (Å²) >= 11 is 0. The molecule has 0 aromatic heterocycles. The van der Waals surface area contributed by atoms with E-state index in [1.165, 1.54) is 11.6 Å². The number of benzene rings is 2. The number of halogens is 2. The Balaban J connectivity index is 1.82. The predicted molar refractivity (Wildman–Crippen MR) is 94.5 cm³/mol. The molecular weight excluding hydrogens is 322 g/mol. The lowest BCUT2D eigenvalue weighted by atomic mass is 10.00. The van der Waals surface area contributed by atoms with E-state index in [9.17, 15) is 13.6 Å². The minimum absolute atomic E-state index is 0.00157. The van der Waals surface area contributed by atoms with E-state index in [1.807, 2.05) is 31.2 Å². The Bertz CT molecular complexity index is 746. The zero-order valence-corrected chi connectivity index (χ0v) is 14.3. The van der Waals surface area contributed by atoms with Gasteiger partial charge in [-0.2, -0.15) is 0 Å². The van der Waals surface area contributed by atoms with Crippen molar-refractivity contribution in [3.05, 3.63) is 65.2 Å². The first kappa shape index (κ1) is 17.4. The second kappa shape index (κ2) is 7.64. The monoisotopic (exact) mass is 344 g/mol. The summed E-state index contributed by atoms with van der Waals surface area (Å²) in [6, 6.07) is 10.9. The van der Waals surface area contributed by atoms with Crippen LogP contribution in [0.25, 0.3) is 0 Å². The first-order chi connectivity index (χ1) is 12.0. The Morgan fingerprint density at radius 2 is 1.84 bits per heavy atom. The van der Waals surface area contributed by atoms with Crippen molar-refractivity contribution in [1.29, 1.82) is 0 Å². The van der Waals surface area contributed by atoms with Crippen molar-refractivity contribution in [2.45, 2.75) is 38.6 Å². The van der Waals surface area contributed by atoms with Gasteiger partial charge in [-0.15, -0.1) is 0 Å². The molecule has 1 atom stereocenters. The van der Waals surface area contributed by atoms with Crippen LogP contribution < -0.4 is 5.32 Å². The largest absolute Gasteiger partial charge is 0.322 e. The maximum absolute atomic E-state index is 13.8. The van der Waals surface area contributed by atoms with E-state index >= 15 is 0 Å². The quantitative estimate of drug-likeness (QED) is 0.775. The van der Waals surface area contributed by atoms with Gasteiger partial charge in [0, 0.05) is 12.6 Å². The molecule has 5 heteroatoms.